The zero-order valence-corrected chi connectivity index (χ0v) is 24.6. The third-order valence-electron chi connectivity index (χ3n) is 12.1. The highest BCUT2D eigenvalue weighted by Crippen LogP contribution is 2.67. The van der Waals surface area contributed by atoms with Crippen LogP contribution in [0.15, 0.2) is 11.6 Å². The second-order valence-electron chi connectivity index (χ2n) is 14.8. The molecule has 1 heterocycles. The highest BCUT2D eigenvalue weighted by atomic mass is 16.7. The molecule has 0 aromatic carbocycles. The van der Waals surface area contributed by atoms with Gasteiger partial charge < -0.3 is 35.0 Å². The van der Waals surface area contributed by atoms with E-state index in [1.54, 1.807) is 0 Å². The van der Waals surface area contributed by atoms with E-state index in [-0.39, 0.29) is 24.7 Å². The minimum absolute atomic E-state index is 0.0537. The molecule has 0 radical (unpaired) electrons. The third kappa shape index (κ3) is 5.51. The molecule has 4 fully saturated rings. The molecule has 39 heavy (non-hydrogen) atoms. The Labute approximate surface area is 235 Å². The van der Waals surface area contributed by atoms with Gasteiger partial charge >= 0.3 is 0 Å². The molecule has 7 nitrogen and oxygen atoms in total. The van der Waals surface area contributed by atoms with Crippen molar-refractivity contribution in [2.24, 2.45) is 40.4 Å². The quantitative estimate of drug-likeness (QED) is 0.291. The third-order valence-corrected chi connectivity index (χ3v) is 12.1. The Balaban J connectivity index is 1.26. The number of ether oxygens (including phenoxy) is 2. The van der Waals surface area contributed by atoms with E-state index in [1.165, 1.54) is 37.7 Å². The Kier molecular flexibility index (Phi) is 8.65. The first kappa shape index (κ1) is 29.9. The molecule has 0 unspecified atom stereocenters. The maximum atomic E-state index is 10.9. The zero-order chi connectivity index (χ0) is 28.2. The lowest BCUT2D eigenvalue weighted by molar-refractivity contribution is -0.285. The van der Waals surface area contributed by atoms with E-state index < -0.39 is 30.2 Å². The molecule has 0 aromatic heterocycles. The number of aliphatic hydroxyl groups excluding tert-OH is 4. The molecular weight excluding hydrogens is 496 g/mol. The monoisotopic (exact) mass is 550 g/mol. The van der Waals surface area contributed by atoms with E-state index in [2.05, 4.69) is 19.9 Å². The van der Waals surface area contributed by atoms with Crippen LogP contribution in [0.2, 0.25) is 0 Å². The van der Waals surface area contributed by atoms with Crippen LogP contribution in [0.25, 0.3) is 0 Å². The Bertz CT molecular complexity index is 884. The van der Waals surface area contributed by atoms with Crippen molar-refractivity contribution in [3.63, 3.8) is 0 Å². The van der Waals surface area contributed by atoms with Gasteiger partial charge in [0.1, 0.15) is 18.3 Å². The fourth-order valence-corrected chi connectivity index (χ4v) is 9.96. The average Bonchev–Trinajstić information content (AvgIpc) is 3.25. The van der Waals surface area contributed by atoms with Crippen molar-refractivity contribution in [1.82, 2.24) is 0 Å². The predicted molar refractivity (Wildman–Crippen MR) is 149 cm³/mol. The Hall–Kier alpha value is -0.540. The van der Waals surface area contributed by atoms with E-state index in [4.69, 9.17) is 9.47 Å². The van der Waals surface area contributed by atoms with E-state index in [0.29, 0.717) is 29.1 Å². The molecular formula is C32H54O7. The molecule has 3 saturated carbocycles. The molecule has 1 aliphatic heterocycles. The fraction of sp³-hybridized carbons (Fsp3) is 0.938. The van der Waals surface area contributed by atoms with Gasteiger partial charge in [0.2, 0.25) is 0 Å². The number of rotatable bonds is 8. The summed E-state index contributed by atoms with van der Waals surface area (Å²) in [5.41, 5.74) is 0.910. The molecule has 0 bridgehead atoms. The first-order chi connectivity index (χ1) is 18.4. The van der Waals surface area contributed by atoms with Crippen molar-refractivity contribution in [2.75, 3.05) is 13.2 Å². The van der Waals surface area contributed by atoms with Crippen molar-refractivity contribution in [2.45, 2.75) is 135 Å². The smallest absolute Gasteiger partial charge is 0.186 e. The summed E-state index contributed by atoms with van der Waals surface area (Å²) in [6.45, 7) is 8.96. The Morgan fingerprint density at radius 2 is 1.85 bits per heavy atom. The summed E-state index contributed by atoms with van der Waals surface area (Å²) < 4.78 is 11.6. The standard InChI is InChI=1S/C32H54O7/c1-19(6-5-13-30(2,3)37)23-9-10-24-22-8-7-20-16-21(39-29-28(36)27(35)26(34)17-38-29)11-15-32(20,18-33)25(22)12-14-31(23,24)4/h7,19,21-29,33-37H,5-6,8-18H2,1-4H3/t19-,21+,22+,23-,24+,25+,26-,27-,28+,29+,31-,32-/m1/s1. The van der Waals surface area contributed by atoms with E-state index in [0.717, 1.165) is 44.4 Å². The molecule has 7 heteroatoms. The lowest BCUT2D eigenvalue weighted by Crippen LogP contribution is -2.56. The SMILES string of the molecule is C[C@H](CCCC(C)(C)O)[C@H]1CC[C@H]2[C@@H]3CC=C4C[C@@H](O[C@@H]5OC[C@@H](O)[C@@H](O)[C@@H]5O)CC[C@]4(CO)[C@H]3CC[C@]12C. The molecule has 5 aliphatic rings. The lowest BCUT2D eigenvalue weighted by atomic mass is 9.46. The van der Waals surface area contributed by atoms with Gasteiger partial charge in [-0.2, -0.15) is 0 Å². The molecule has 5 rings (SSSR count). The van der Waals surface area contributed by atoms with Crippen LogP contribution in [0.1, 0.15) is 98.3 Å². The van der Waals surface area contributed by atoms with Crippen molar-refractivity contribution in [1.29, 1.82) is 0 Å². The van der Waals surface area contributed by atoms with Crippen molar-refractivity contribution in [3.8, 4) is 0 Å². The van der Waals surface area contributed by atoms with Crippen molar-refractivity contribution < 1.29 is 35.0 Å². The van der Waals surface area contributed by atoms with Crippen LogP contribution in [0, 0.1) is 40.4 Å². The van der Waals surface area contributed by atoms with Gasteiger partial charge in [-0.3, -0.25) is 0 Å². The summed E-state index contributed by atoms with van der Waals surface area (Å²) in [6.07, 6.45) is 9.27. The van der Waals surface area contributed by atoms with Gasteiger partial charge in [0.15, 0.2) is 6.29 Å². The van der Waals surface area contributed by atoms with E-state index >= 15 is 0 Å². The van der Waals surface area contributed by atoms with Gasteiger partial charge in [-0.25, -0.2) is 0 Å². The topological polar surface area (TPSA) is 120 Å². The van der Waals surface area contributed by atoms with Crippen LogP contribution >= 0.6 is 0 Å². The summed E-state index contributed by atoms with van der Waals surface area (Å²) in [6, 6.07) is 0. The van der Waals surface area contributed by atoms with Gasteiger partial charge in [-0.15, -0.1) is 0 Å². The number of aliphatic hydroxyl groups is 5. The van der Waals surface area contributed by atoms with E-state index in [9.17, 15) is 25.5 Å². The Morgan fingerprint density at radius 1 is 1.08 bits per heavy atom. The molecule has 0 aromatic rings. The molecule has 12 atom stereocenters. The van der Waals surface area contributed by atoms with Crippen molar-refractivity contribution >= 4 is 0 Å². The predicted octanol–water partition coefficient (Wildman–Crippen LogP) is 3.94. The number of fused-ring (bicyclic) bond motifs is 5. The molecule has 224 valence electrons. The highest BCUT2D eigenvalue weighted by molar-refractivity contribution is 5.27. The van der Waals surface area contributed by atoms with Gasteiger partial charge in [0.05, 0.1) is 24.9 Å². The summed E-state index contributed by atoms with van der Waals surface area (Å²) in [5, 5.41) is 51.2. The largest absolute Gasteiger partial charge is 0.395 e. The normalized spacial score (nSPS) is 47.1. The fourth-order valence-electron chi connectivity index (χ4n) is 9.96. The Morgan fingerprint density at radius 3 is 2.56 bits per heavy atom. The summed E-state index contributed by atoms with van der Waals surface area (Å²) >= 11 is 0. The van der Waals surface area contributed by atoms with Crippen LogP contribution < -0.4 is 0 Å². The van der Waals surface area contributed by atoms with Crippen LogP contribution in [-0.4, -0.2) is 75.1 Å². The second kappa shape index (κ2) is 11.3. The number of hydrogen-bond donors (Lipinski definition) is 5. The molecule has 5 N–H and O–H groups in total. The zero-order valence-electron chi connectivity index (χ0n) is 24.6. The van der Waals surface area contributed by atoms with Crippen LogP contribution in [-0.2, 0) is 9.47 Å². The lowest BCUT2D eigenvalue weighted by Gasteiger charge is -2.59. The maximum absolute atomic E-state index is 10.9. The molecule has 0 spiro atoms. The van der Waals surface area contributed by atoms with Gasteiger partial charge in [0.25, 0.3) is 0 Å². The summed E-state index contributed by atoms with van der Waals surface area (Å²) in [7, 11) is 0. The number of hydrogen-bond acceptors (Lipinski definition) is 7. The van der Waals surface area contributed by atoms with Crippen LogP contribution in [0.5, 0.6) is 0 Å². The van der Waals surface area contributed by atoms with E-state index in [1.807, 2.05) is 13.8 Å². The first-order valence-electron chi connectivity index (χ1n) is 15.7. The summed E-state index contributed by atoms with van der Waals surface area (Å²) in [4.78, 5) is 0. The van der Waals surface area contributed by atoms with Crippen LogP contribution in [0.4, 0.5) is 0 Å². The maximum Gasteiger partial charge on any atom is 0.186 e. The summed E-state index contributed by atoms with van der Waals surface area (Å²) in [5.74, 6) is 3.22. The number of allylic oxidation sites excluding steroid dienone is 1. The minimum Gasteiger partial charge on any atom is -0.395 e. The van der Waals surface area contributed by atoms with Crippen molar-refractivity contribution in [3.05, 3.63) is 11.6 Å². The average molecular weight is 551 g/mol. The van der Waals surface area contributed by atoms with Gasteiger partial charge in [0, 0.05) is 5.41 Å². The van der Waals surface area contributed by atoms with Crippen LogP contribution in [0.3, 0.4) is 0 Å². The molecule has 4 aliphatic carbocycles. The minimum atomic E-state index is -1.27. The van der Waals surface area contributed by atoms with Gasteiger partial charge in [-0.1, -0.05) is 38.3 Å². The second-order valence-corrected chi connectivity index (χ2v) is 14.8. The first-order valence-corrected chi connectivity index (χ1v) is 15.7. The highest BCUT2D eigenvalue weighted by Gasteiger charge is 2.60. The van der Waals surface area contributed by atoms with Gasteiger partial charge in [-0.05, 0) is 107 Å². The molecule has 0 amide bonds. The molecule has 1 saturated heterocycles.